The highest BCUT2D eigenvalue weighted by Gasteiger charge is 2.15. The SMILES string of the molecule is C1CC1.CCC[Si](S)(S)S. The molecule has 0 aromatic heterocycles. The fourth-order valence-corrected chi connectivity index (χ4v) is 3.02. The summed E-state index contributed by atoms with van der Waals surface area (Å²) in [4.78, 5) is 0. The molecule has 1 aliphatic carbocycles. The van der Waals surface area contributed by atoms with Gasteiger partial charge in [-0.25, -0.2) is 0 Å². The summed E-state index contributed by atoms with van der Waals surface area (Å²) in [5.41, 5.74) is -1.57. The zero-order chi connectivity index (χ0) is 8.04. The largest absolute Gasteiger partial charge is 0.228 e. The van der Waals surface area contributed by atoms with Crippen molar-refractivity contribution in [2.24, 2.45) is 0 Å². The van der Waals surface area contributed by atoms with Crippen LogP contribution in [0, 0.1) is 0 Å². The van der Waals surface area contributed by atoms with E-state index >= 15 is 0 Å². The van der Waals surface area contributed by atoms with Crippen LogP contribution in [0.25, 0.3) is 0 Å². The topological polar surface area (TPSA) is 0 Å². The third kappa shape index (κ3) is 16.1. The predicted molar refractivity (Wildman–Crippen MR) is 61.7 cm³/mol. The molecule has 0 aromatic carbocycles. The van der Waals surface area contributed by atoms with Crippen LogP contribution in [-0.4, -0.2) is 5.52 Å². The van der Waals surface area contributed by atoms with Crippen LogP contribution in [-0.2, 0) is 0 Å². The Balaban J connectivity index is 0.000000219. The van der Waals surface area contributed by atoms with Crippen LogP contribution >= 0.6 is 36.2 Å². The van der Waals surface area contributed by atoms with Crippen LogP contribution in [0.15, 0.2) is 0 Å². The van der Waals surface area contributed by atoms with Crippen molar-refractivity contribution in [3.8, 4) is 0 Å². The van der Waals surface area contributed by atoms with Crippen LogP contribution < -0.4 is 0 Å². The first-order chi connectivity index (χ1) is 4.56. The highest BCUT2D eigenvalue weighted by Crippen LogP contribution is 2.23. The molecule has 1 saturated carbocycles. The molecule has 0 aromatic rings. The van der Waals surface area contributed by atoms with E-state index in [9.17, 15) is 0 Å². The Bertz CT molecular complexity index is 74.8. The second-order valence-corrected chi connectivity index (χ2v) is 14.7. The summed E-state index contributed by atoms with van der Waals surface area (Å²) in [5, 5.41) is 0. The van der Waals surface area contributed by atoms with E-state index in [-0.39, 0.29) is 0 Å². The molecule has 0 nitrogen and oxygen atoms in total. The van der Waals surface area contributed by atoms with Gasteiger partial charge in [0.2, 0.25) is 5.52 Å². The van der Waals surface area contributed by atoms with Gasteiger partial charge in [0.05, 0.1) is 0 Å². The van der Waals surface area contributed by atoms with Crippen LogP contribution in [0.4, 0.5) is 0 Å². The molecule has 1 fully saturated rings. The molecular formula is C6H16S3Si. The first-order valence-corrected chi connectivity index (χ1v) is 9.81. The van der Waals surface area contributed by atoms with Gasteiger partial charge in [-0.15, -0.1) is 0 Å². The molecule has 1 rings (SSSR count). The van der Waals surface area contributed by atoms with E-state index in [0.717, 1.165) is 12.5 Å². The average molecular weight is 212 g/mol. The summed E-state index contributed by atoms with van der Waals surface area (Å²) in [7, 11) is 0. The van der Waals surface area contributed by atoms with E-state index < -0.39 is 5.52 Å². The van der Waals surface area contributed by atoms with Crippen molar-refractivity contribution in [1.29, 1.82) is 0 Å². The Kier molecular flexibility index (Phi) is 6.60. The Labute approximate surface area is 80.3 Å². The molecule has 0 atom stereocenters. The quantitative estimate of drug-likeness (QED) is 0.454. The highest BCUT2D eigenvalue weighted by atomic mass is 32.7. The zero-order valence-corrected chi connectivity index (χ0v) is 10.1. The number of hydrogen-bond donors (Lipinski definition) is 3. The smallest absolute Gasteiger partial charge is 0.180 e. The van der Waals surface area contributed by atoms with Gasteiger partial charge < -0.3 is 0 Å². The normalized spacial score (nSPS) is 15.6. The lowest BCUT2D eigenvalue weighted by molar-refractivity contribution is 1.08. The molecule has 0 saturated heterocycles. The summed E-state index contributed by atoms with van der Waals surface area (Å²) in [6, 6.07) is 1.07. The summed E-state index contributed by atoms with van der Waals surface area (Å²) < 4.78 is 0. The lowest BCUT2D eigenvalue weighted by Crippen LogP contribution is -2.07. The van der Waals surface area contributed by atoms with E-state index in [0.29, 0.717) is 0 Å². The Hall–Kier alpha value is 1.27. The van der Waals surface area contributed by atoms with E-state index in [4.69, 9.17) is 0 Å². The molecule has 0 amide bonds. The maximum atomic E-state index is 4.20. The predicted octanol–water partition coefficient (Wildman–Crippen LogP) is 3.30. The lowest BCUT2D eigenvalue weighted by Gasteiger charge is -2.07. The van der Waals surface area contributed by atoms with Crippen LogP contribution in [0.1, 0.15) is 32.6 Å². The van der Waals surface area contributed by atoms with E-state index in [1.165, 1.54) is 19.3 Å². The standard InChI is InChI=1S/C3H10S3Si.C3H6/c1-2-3-7(4,5)6;1-2-3-1/h4-6H,2-3H2,1H3;1-3H2. The molecule has 10 heavy (non-hydrogen) atoms. The molecule has 0 aliphatic heterocycles. The van der Waals surface area contributed by atoms with Gasteiger partial charge in [0, 0.05) is 0 Å². The van der Waals surface area contributed by atoms with Crippen molar-refractivity contribution in [2.45, 2.75) is 38.7 Å². The van der Waals surface area contributed by atoms with Gasteiger partial charge in [0.1, 0.15) is 0 Å². The van der Waals surface area contributed by atoms with Gasteiger partial charge >= 0.3 is 0 Å². The Morgan fingerprint density at radius 3 is 1.50 bits per heavy atom. The van der Waals surface area contributed by atoms with E-state index in [1.807, 2.05) is 0 Å². The molecule has 4 heteroatoms. The Morgan fingerprint density at radius 2 is 1.50 bits per heavy atom. The first-order valence-electron chi connectivity index (χ1n) is 3.73. The van der Waals surface area contributed by atoms with Gasteiger partial charge in [-0.05, 0) is 6.04 Å². The minimum atomic E-state index is -1.57. The summed E-state index contributed by atoms with van der Waals surface area (Å²) in [5.74, 6) is 0. The van der Waals surface area contributed by atoms with Crippen molar-refractivity contribution in [3.63, 3.8) is 0 Å². The molecule has 0 unspecified atom stereocenters. The molecule has 0 heterocycles. The zero-order valence-electron chi connectivity index (χ0n) is 6.38. The molecule has 0 N–H and O–H groups in total. The van der Waals surface area contributed by atoms with Gasteiger partial charge in [0.25, 0.3) is 0 Å². The van der Waals surface area contributed by atoms with Crippen molar-refractivity contribution in [1.82, 2.24) is 0 Å². The van der Waals surface area contributed by atoms with Crippen molar-refractivity contribution >= 4 is 41.8 Å². The van der Waals surface area contributed by atoms with Crippen LogP contribution in [0.3, 0.4) is 0 Å². The van der Waals surface area contributed by atoms with Crippen LogP contribution in [0.5, 0.6) is 0 Å². The van der Waals surface area contributed by atoms with Crippen molar-refractivity contribution < 1.29 is 0 Å². The second-order valence-electron chi connectivity index (χ2n) is 2.59. The summed E-state index contributed by atoms with van der Waals surface area (Å²) in [6.45, 7) is 2.12. The Morgan fingerprint density at radius 1 is 1.10 bits per heavy atom. The minimum absolute atomic E-state index is 1.07. The molecule has 0 spiro atoms. The molecule has 0 bridgehead atoms. The number of hydrogen-bond acceptors (Lipinski definition) is 3. The average Bonchev–Trinajstić information content (AvgIpc) is 2.40. The fraction of sp³-hybridized carbons (Fsp3) is 1.00. The highest BCUT2D eigenvalue weighted by molar-refractivity contribution is 8.68. The minimum Gasteiger partial charge on any atom is -0.180 e. The maximum absolute atomic E-state index is 4.20. The number of thiol groups is 3. The van der Waals surface area contributed by atoms with Crippen molar-refractivity contribution in [2.75, 3.05) is 0 Å². The molecule has 0 radical (unpaired) electrons. The van der Waals surface area contributed by atoms with E-state index in [2.05, 4.69) is 43.2 Å². The molecule has 62 valence electrons. The second kappa shape index (κ2) is 5.86. The van der Waals surface area contributed by atoms with Crippen LogP contribution in [0.2, 0.25) is 6.04 Å². The fourth-order valence-electron chi connectivity index (χ4n) is 0.335. The first kappa shape index (κ1) is 11.3. The third-order valence-corrected chi connectivity index (χ3v) is 4.12. The maximum Gasteiger partial charge on any atom is 0.228 e. The lowest BCUT2D eigenvalue weighted by atomic mass is 10.6. The van der Waals surface area contributed by atoms with Gasteiger partial charge in [-0.3, -0.25) is 0 Å². The van der Waals surface area contributed by atoms with Gasteiger partial charge in [-0.2, -0.15) is 36.2 Å². The molecular weight excluding hydrogens is 196 g/mol. The number of rotatable bonds is 2. The summed E-state index contributed by atoms with van der Waals surface area (Å²) in [6.07, 6.45) is 5.64. The third-order valence-electron chi connectivity index (χ3n) is 0.939. The van der Waals surface area contributed by atoms with E-state index in [1.54, 1.807) is 0 Å². The summed E-state index contributed by atoms with van der Waals surface area (Å²) >= 11 is 12.6. The monoisotopic (exact) mass is 212 g/mol. The molecule has 1 aliphatic rings. The van der Waals surface area contributed by atoms with Crippen molar-refractivity contribution in [3.05, 3.63) is 0 Å². The van der Waals surface area contributed by atoms with Gasteiger partial charge in [0.15, 0.2) is 0 Å². The van der Waals surface area contributed by atoms with Gasteiger partial charge in [-0.1, -0.05) is 32.6 Å².